The van der Waals surface area contributed by atoms with Gasteiger partial charge in [-0.25, -0.2) is 13.8 Å². The highest BCUT2D eigenvalue weighted by molar-refractivity contribution is 6.20. The minimum absolute atomic E-state index is 0.206. The minimum Gasteiger partial charge on any atom is -0.297 e. The van der Waals surface area contributed by atoms with E-state index in [-0.39, 0.29) is 18.1 Å². The predicted molar refractivity (Wildman–Crippen MR) is 111 cm³/mol. The lowest BCUT2D eigenvalue weighted by atomic mass is 9.90. The van der Waals surface area contributed by atoms with Gasteiger partial charge in [0, 0.05) is 12.5 Å². The lowest BCUT2D eigenvalue weighted by molar-refractivity contribution is -0.682. The fourth-order valence-electron chi connectivity index (χ4n) is 3.86. The summed E-state index contributed by atoms with van der Waals surface area (Å²) in [7, 11) is 1.55. The summed E-state index contributed by atoms with van der Waals surface area (Å²) >= 11 is 0. The summed E-state index contributed by atoms with van der Waals surface area (Å²) in [5.74, 6) is -0.262. The number of likely N-dealkylation sites (N-methyl/N-ethyl adjacent to an activating group) is 1. The first-order chi connectivity index (χ1) is 14.4. The number of benzene rings is 1. The molecule has 1 aromatic carbocycles. The molecule has 2 aliphatic rings. The van der Waals surface area contributed by atoms with Crippen molar-refractivity contribution >= 4 is 29.5 Å². The van der Waals surface area contributed by atoms with Crippen molar-refractivity contribution in [3.05, 3.63) is 41.5 Å². The number of carbonyl (C=O) groups is 3. The van der Waals surface area contributed by atoms with E-state index < -0.39 is 23.4 Å². The van der Waals surface area contributed by atoms with Gasteiger partial charge in [0.05, 0.1) is 6.54 Å². The van der Waals surface area contributed by atoms with E-state index in [4.69, 9.17) is 0 Å². The summed E-state index contributed by atoms with van der Waals surface area (Å²) in [5.41, 5.74) is 1.65. The molecule has 1 saturated heterocycles. The molecule has 1 fully saturated rings. The molecule has 8 nitrogen and oxygen atoms in total. The number of fused-ring (bicyclic) bond motifs is 3. The normalized spacial score (nSPS) is 18.3. The Morgan fingerprint density at radius 1 is 1.16 bits per heavy atom. The van der Waals surface area contributed by atoms with Crippen LogP contribution in [-0.4, -0.2) is 51.5 Å². The highest BCUT2D eigenvalue weighted by atomic mass is 19.1. The van der Waals surface area contributed by atoms with E-state index in [1.165, 1.54) is 17.0 Å². The van der Waals surface area contributed by atoms with Crippen LogP contribution in [-0.2, 0) is 9.59 Å². The third-order valence-corrected chi connectivity index (χ3v) is 5.94. The number of rotatable bonds is 3. The highest BCUT2D eigenvalue weighted by Gasteiger charge is 2.54. The van der Waals surface area contributed by atoms with Crippen LogP contribution in [0.3, 0.4) is 0 Å². The number of nitrogens with zero attached hydrogens (tertiary/aromatic N) is 5. The number of ketones is 1. The van der Waals surface area contributed by atoms with Gasteiger partial charge in [0.1, 0.15) is 22.9 Å². The highest BCUT2D eigenvalue weighted by Crippen LogP contribution is 2.33. The summed E-state index contributed by atoms with van der Waals surface area (Å²) < 4.78 is 17.0. The van der Waals surface area contributed by atoms with Crippen molar-refractivity contribution in [2.75, 3.05) is 13.6 Å². The Bertz CT molecular complexity index is 1160. The standard InChI is InChI=1S/C22H25FN5O3/c1-12-13(2)28-17-18(24-20(28)27(12)15-9-7-14(23)8-10-15)25(6)21(31)26(19(17)30)11-16(29)22(3,4)5/h7-10,17H,11H2,1-6H3/q+1. The Morgan fingerprint density at radius 3 is 2.35 bits per heavy atom. The first-order valence-electron chi connectivity index (χ1n) is 10.0. The van der Waals surface area contributed by atoms with Crippen LogP contribution < -0.4 is 4.57 Å². The van der Waals surface area contributed by atoms with Crippen LogP contribution in [0.25, 0.3) is 5.69 Å². The number of amides is 3. The molecule has 0 N–H and O–H groups in total. The van der Waals surface area contributed by atoms with Crippen LogP contribution >= 0.6 is 0 Å². The van der Waals surface area contributed by atoms with Gasteiger partial charge in [0.25, 0.3) is 5.91 Å². The van der Waals surface area contributed by atoms with Crippen molar-refractivity contribution in [2.24, 2.45) is 10.4 Å². The zero-order chi connectivity index (χ0) is 22.8. The Labute approximate surface area is 179 Å². The largest absolute Gasteiger partial charge is 0.407 e. The topological polar surface area (TPSA) is 78.9 Å². The fourth-order valence-corrected chi connectivity index (χ4v) is 3.86. The lowest BCUT2D eigenvalue weighted by Crippen LogP contribution is -2.64. The number of urea groups is 1. The van der Waals surface area contributed by atoms with E-state index in [0.717, 1.165) is 16.3 Å². The number of Topliss-reactive ketones (excluding diaryl/α,β-unsaturated/α-hetero) is 1. The number of imide groups is 1. The Kier molecular flexibility index (Phi) is 4.60. The van der Waals surface area contributed by atoms with Crippen LogP contribution in [0.5, 0.6) is 0 Å². The number of aromatic nitrogens is 2. The molecule has 31 heavy (non-hydrogen) atoms. The van der Waals surface area contributed by atoms with Gasteiger partial charge in [0.15, 0.2) is 5.78 Å². The summed E-state index contributed by atoms with van der Waals surface area (Å²) in [4.78, 5) is 45.8. The van der Waals surface area contributed by atoms with Crippen LogP contribution in [0.15, 0.2) is 29.3 Å². The summed E-state index contributed by atoms with van der Waals surface area (Å²) in [5, 5.41) is 0. The number of halogens is 1. The second kappa shape index (κ2) is 6.83. The molecule has 0 bridgehead atoms. The lowest BCUT2D eigenvalue weighted by Gasteiger charge is -2.34. The number of imidazole rings is 1. The Balaban J connectivity index is 1.82. The van der Waals surface area contributed by atoms with Crippen LogP contribution in [0.1, 0.15) is 38.2 Å². The molecule has 0 spiro atoms. The number of amidine groups is 1. The zero-order valence-corrected chi connectivity index (χ0v) is 18.4. The molecule has 4 rings (SSSR count). The smallest absolute Gasteiger partial charge is 0.297 e. The number of hydrogen-bond donors (Lipinski definition) is 0. The molecule has 1 aromatic heterocycles. The van der Waals surface area contributed by atoms with Gasteiger partial charge in [-0.2, -0.15) is 4.57 Å². The minimum atomic E-state index is -0.842. The van der Waals surface area contributed by atoms with Crippen LogP contribution in [0.2, 0.25) is 0 Å². The van der Waals surface area contributed by atoms with Gasteiger partial charge in [-0.05, 0) is 38.1 Å². The maximum atomic E-state index is 13.4. The molecule has 2 aliphatic heterocycles. The molecule has 0 aliphatic carbocycles. The molecular formula is C22H25FN5O3+. The first kappa shape index (κ1) is 20.9. The third kappa shape index (κ3) is 3.07. The molecule has 1 atom stereocenters. The summed E-state index contributed by atoms with van der Waals surface area (Å²) in [6, 6.07) is 4.57. The second-order valence-corrected chi connectivity index (χ2v) is 8.96. The molecule has 2 aromatic rings. The molecule has 1 unspecified atom stereocenters. The van der Waals surface area contributed by atoms with Gasteiger partial charge >= 0.3 is 12.0 Å². The van der Waals surface area contributed by atoms with Crippen molar-refractivity contribution in [3.63, 3.8) is 0 Å². The van der Waals surface area contributed by atoms with Crippen molar-refractivity contribution in [1.82, 2.24) is 14.4 Å². The predicted octanol–water partition coefficient (Wildman–Crippen LogP) is 2.61. The monoisotopic (exact) mass is 426 g/mol. The van der Waals surface area contributed by atoms with Gasteiger partial charge in [-0.1, -0.05) is 25.8 Å². The summed E-state index contributed by atoms with van der Waals surface area (Å²) in [6.45, 7) is 8.73. The third-order valence-electron chi connectivity index (χ3n) is 5.94. The van der Waals surface area contributed by atoms with Gasteiger partial charge in [0.2, 0.25) is 11.9 Å². The molecule has 0 radical (unpaired) electrons. The van der Waals surface area contributed by atoms with Crippen LogP contribution in [0, 0.1) is 25.1 Å². The quantitative estimate of drug-likeness (QED) is 0.708. The van der Waals surface area contributed by atoms with E-state index >= 15 is 0 Å². The van der Waals surface area contributed by atoms with Crippen molar-refractivity contribution in [2.45, 2.75) is 40.7 Å². The maximum absolute atomic E-state index is 13.4. The number of carbonyl (C=O) groups excluding carboxylic acids is 3. The number of hydrogen-bond acceptors (Lipinski definition) is 4. The average Bonchev–Trinajstić information content (AvgIpc) is 3.19. The summed E-state index contributed by atoms with van der Waals surface area (Å²) in [6.07, 6.45) is 0. The van der Waals surface area contributed by atoms with Gasteiger partial charge in [-0.3, -0.25) is 19.4 Å². The molecular weight excluding hydrogens is 401 g/mol. The van der Waals surface area contributed by atoms with E-state index in [1.54, 1.807) is 44.5 Å². The molecule has 9 heteroatoms. The molecule has 3 heterocycles. The van der Waals surface area contributed by atoms with E-state index in [9.17, 15) is 18.8 Å². The van der Waals surface area contributed by atoms with Crippen molar-refractivity contribution < 1.29 is 23.3 Å². The molecule has 0 saturated carbocycles. The van der Waals surface area contributed by atoms with Crippen molar-refractivity contribution in [3.8, 4) is 5.69 Å². The van der Waals surface area contributed by atoms with Gasteiger partial charge in [-0.15, -0.1) is 0 Å². The zero-order valence-electron chi connectivity index (χ0n) is 18.4. The molecule has 162 valence electrons. The maximum Gasteiger partial charge on any atom is 0.407 e. The first-order valence-corrected chi connectivity index (χ1v) is 10.0. The molecule has 3 amide bonds. The number of aliphatic imine (C=N–C) groups is 1. The van der Waals surface area contributed by atoms with E-state index in [2.05, 4.69) is 4.99 Å². The van der Waals surface area contributed by atoms with E-state index in [0.29, 0.717) is 17.5 Å². The Hall–Kier alpha value is -3.36. The van der Waals surface area contributed by atoms with Gasteiger partial charge < -0.3 is 0 Å². The SMILES string of the molecule is Cc1c(C)[n+]2c(n1-c1ccc(F)cc1)N=C1C2C(=O)N(CC(=O)C(C)(C)C)C(=O)N1C. The van der Waals surface area contributed by atoms with E-state index in [1.807, 2.05) is 18.4 Å². The average molecular weight is 426 g/mol. The second-order valence-electron chi connectivity index (χ2n) is 8.96. The van der Waals surface area contributed by atoms with Crippen LogP contribution in [0.4, 0.5) is 15.1 Å². The Morgan fingerprint density at radius 2 is 1.77 bits per heavy atom. The fraction of sp³-hybridized carbons (Fsp3) is 0.409. The van der Waals surface area contributed by atoms with Crippen molar-refractivity contribution in [1.29, 1.82) is 0 Å².